The smallest absolute Gasteiger partial charge is 0.259 e. The maximum Gasteiger partial charge on any atom is 0.259 e. The van der Waals surface area contributed by atoms with Crippen molar-refractivity contribution in [3.63, 3.8) is 0 Å². The average molecular weight is 276 g/mol. The molecule has 94 valence electrons. The lowest BCUT2D eigenvalue weighted by molar-refractivity contribution is 0.0654. The van der Waals surface area contributed by atoms with E-state index in [1.54, 1.807) is 5.38 Å². The minimum absolute atomic E-state index is 0.0919. The van der Waals surface area contributed by atoms with Crippen LogP contribution in [0.1, 0.15) is 17.4 Å². The van der Waals surface area contributed by atoms with Gasteiger partial charge < -0.3 is 9.57 Å². The minimum Gasteiger partial charge on any atom is -0.471 e. The van der Waals surface area contributed by atoms with Crippen LogP contribution in [0, 0.1) is 0 Å². The van der Waals surface area contributed by atoms with E-state index in [2.05, 4.69) is 5.16 Å². The molecule has 6 nitrogen and oxygen atoms in total. The molecule has 2 heterocycles. The van der Waals surface area contributed by atoms with Crippen LogP contribution < -0.4 is 5.14 Å². The molecular formula is C9H12N2O4S2. The Balaban J connectivity index is 2.55. The maximum atomic E-state index is 11.6. The van der Waals surface area contributed by atoms with Crippen molar-refractivity contribution in [1.29, 1.82) is 0 Å². The van der Waals surface area contributed by atoms with Crippen LogP contribution in [0.3, 0.4) is 0 Å². The van der Waals surface area contributed by atoms with Crippen LogP contribution in [0.2, 0.25) is 0 Å². The van der Waals surface area contributed by atoms with Crippen LogP contribution in [0.5, 0.6) is 0 Å². The molecule has 0 saturated heterocycles. The predicted octanol–water partition coefficient (Wildman–Crippen LogP) is 0.666. The van der Waals surface area contributed by atoms with E-state index in [-0.39, 0.29) is 10.8 Å². The number of aryl methyl sites for hydroxylation is 1. The van der Waals surface area contributed by atoms with E-state index in [1.807, 2.05) is 6.92 Å². The molecule has 8 heteroatoms. The highest BCUT2D eigenvalue weighted by atomic mass is 32.2. The number of primary sulfonamides is 1. The van der Waals surface area contributed by atoms with Gasteiger partial charge in [-0.3, -0.25) is 0 Å². The van der Waals surface area contributed by atoms with Gasteiger partial charge in [0.1, 0.15) is 11.5 Å². The second-order valence-corrected chi connectivity index (χ2v) is 5.84. The number of nitrogens with two attached hydrogens (primary N) is 1. The Kier molecular flexibility index (Phi) is 3.36. The zero-order chi connectivity index (χ0) is 12.5. The molecule has 0 radical (unpaired) electrons. The third-order valence-electron chi connectivity index (χ3n) is 2.21. The molecule has 1 aliphatic heterocycles. The van der Waals surface area contributed by atoms with Crippen molar-refractivity contribution in [2.75, 3.05) is 13.2 Å². The molecule has 0 fully saturated rings. The van der Waals surface area contributed by atoms with Crippen molar-refractivity contribution in [1.82, 2.24) is 0 Å². The Bertz CT molecular complexity index is 547. The van der Waals surface area contributed by atoms with Gasteiger partial charge in [-0.2, -0.15) is 0 Å². The number of hydrogen-bond donors (Lipinski definition) is 1. The van der Waals surface area contributed by atoms with Gasteiger partial charge in [-0.1, -0.05) is 6.92 Å². The third-order valence-corrected chi connectivity index (χ3v) is 4.51. The van der Waals surface area contributed by atoms with E-state index in [0.29, 0.717) is 30.1 Å². The lowest BCUT2D eigenvalue weighted by Gasteiger charge is -2.13. The Morgan fingerprint density at radius 1 is 1.53 bits per heavy atom. The molecule has 17 heavy (non-hydrogen) atoms. The number of nitrogens with zero attached hydrogens (tertiary/aromatic N) is 1. The monoisotopic (exact) mass is 276 g/mol. The lowest BCUT2D eigenvalue weighted by atomic mass is 10.3. The quantitative estimate of drug-likeness (QED) is 0.878. The molecule has 0 spiro atoms. The van der Waals surface area contributed by atoms with Crippen LogP contribution in [0.4, 0.5) is 0 Å². The van der Waals surface area contributed by atoms with Crippen LogP contribution in [-0.2, 0) is 26.0 Å². The summed E-state index contributed by atoms with van der Waals surface area (Å²) in [6.45, 7) is 2.57. The first-order valence-electron chi connectivity index (χ1n) is 5.00. The minimum atomic E-state index is -3.79. The van der Waals surface area contributed by atoms with E-state index in [4.69, 9.17) is 14.7 Å². The van der Waals surface area contributed by atoms with Gasteiger partial charge >= 0.3 is 0 Å². The molecule has 0 bridgehead atoms. The van der Waals surface area contributed by atoms with Gasteiger partial charge in [0.25, 0.3) is 5.90 Å². The number of rotatable bonds is 3. The fourth-order valence-electron chi connectivity index (χ4n) is 1.52. The van der Waals surface area contributed by atoms with Crippen molar-refractivity contribution >= 4 is 27.3 Å². The van der Waals surface area contributed by atoms with E-state index < -0.39 is 10.0 Å². The van der Waals surface area contributed by atoms with Gasteiger partial charge in [0.15, 0.2) is 6.61 Å². The Morgan fingerprint density at radius 2 is 2.29 bits per heavy atom. The Morgan fingerprint density at radius 3 is 2.82 bits per heavy atom. The fraction of sp³-hybridized carbons (Fsp3) is 0.444. The summed E-state index contributed by atoms with van der Waals surface area (Å²) >= 11 is 1.32. The van der Waals surface area contributed by atoms with E-state index in [0.717, 1.165) is 0 Å². The lowest BCUT2D eigenvalue weighted by Crippen LogP contribution is -2.21. The maximum absolute atomic E-state index is 11.6. The number of hydrogen-bond acceptors (Lipinski definition) is 6. The summed E-state index contributed by atoms with van der Waals surface area (Å²) in [4.78, 5) is 5.66. The summed E-state index contributed by atoms with van der Waals surface area (Å²) in [6, 6.07) is 0. The van der Waals surface area contributed by atoms with E-state index in [1.165, 1.54) is 11.3 Å². The first-order valence-corrected chi connectivity index (χ1v) is 7.43. The summed E-state index contributed by atoms with van der Waals surface area (Å²) in [5, 5.41) is 10.6. The fourth-order valence-corrected chi connectivity index (χ4v) is 3.87. The first kappa shape index (κ1) is 12.3. The normalized spacial score (nSPS) is 16.0. The molecule has 1 aromatic rings. The molecule has 0 aromatic carbocycles. The highest BCUT2D eigenvalue weighted by molar-refractivity contribution is 7.89. The van der Waals surface area contributed by atoms with Crippen LogP contribution in [0.25, 0.3) is 0 Å². The van der Waals surface area contributed by atoms with Crippen molar-refractivity contribution in [2.45, 2.75) is 18.2 Å². The van der Waals surface area contributed by atoms with Gasteiger partial charge in [0, 0.05) is 10.3 Å². The second-order valence-electron chi connectivity index (χ2n) is 3.38. The molecule has 2 rings (SSSR count). The number of oxime groups is 1. The molecule has 2 N–H and O–H groups in total. The van der Waals surface area contributed by atoms with E-state index in [9.17, 15) is 8.42 Å². The molecule has 1 aromatic heterocycles. The van der Waals surface area contributed by atoms with Gasteiger partial charge in [0.2, 0.25) is 10.0 Å². The Hall–Kier alpha value is -1.12. The van der Waals surface area contributed by atoms with Gasteiger partial charge in [0.05, 0.1) is 5.56 Å². The van der Waals surface area contributed by atoms with Gasteiger partial charge in [-0.15, -0.1) is 11.3 Å². The number of ether oxygens (including phenoxy) is 1. The SMILES string of the molecule is CCc1scc(C2=NOCCO2)c1S(N)(=O)=O. The molecule has 0 saturated carbocycles. The van der Waals surface area contributed by atoms with Gasteiger partial charge in [-0.05, 0) is 11.6 Å². The standard InChI is InChI=1S/C9H12N2O4S2/c1-2-7-8(17(10,12)13)6(5-16-7)9-11-15-4-3-14-9/h5H,2-4H2,1H3,(H2,10,12,13). The van der Waals surface area contributed by atoms with Crippen molar-refractivity contribution < 1.29 is 18.0 Å². The van der Waals surface area contributed by atoms with Crippen LogP contribution >= 0.6 is 11.3 Å². The summed E-state index contributed by atoms with van der Waals surface area (Å²) in [6.07, 6.45) is 0.588. The van der Waals surface area contributed by atoms with E-state index >= 15 is 0 Å². The summed E-state index contributed by atoms with van der Waals surface area (Å²) < 4.78 is 28.4. The van der Waals surface area contributed by atoms with Crippen LogP contribution in [0.15, 0.2) is 15.4 Å². The molecule has 0 aliphatic carbocycles. The van der Waals surface area contributed by atoms with Crippen molar-refractivity contribution in [2.24, 2.45) is 10.3 Å². The number of sulfonamides is 1. The molecule has 0 atom stereocenters. The van der Waals surface area contributed by atoms with Gasteiger partial charge in [-0.25, -0.2) is 13.6 Å². The molecule has 0 unspecified atom stereocenters. The second kappa shape index (κ2) is 4.63. The largest absolute Gasteiger partial charge is 0.471 e. The van der Waals surface area contributed by atoms with Crippen molar-refractivity contribution in [3.8, 4) is 0 Å². The molecule has 1 aliphatic rings. The molecule has 0 amide bonds. The molecular weight excluding hydrogens is 264 g/mol. The highest BCUT2D eigenvalue weighted by Gasteiger charge is 2.26. The predicted molar refractivity (Wildman–Crippen MR) is 63.5 cm³/mol. The first-order chi connectivity index (χ1) is 8.04. The topological polar surface area (TPSA) is 91.0 Å². The summed E-state index contributed by atoms with van der Waals surface area (Å²) in [5.41, 5.74) is 0.383. The summed E-state index contributed by atoms with van der Waals surface area (Å²) in [5.74, 6) is 0.177. The highest BCUT2D eigenvalue weighted by Crippen LogP contribution is 2.28. The zero-order valence-corrected chi connectivity index (χ0v) is 10.8. The van der Waals surface area contributed by atoms with Crippen molar-refractivity contribution in [3.05, 3.63) is 15.8 Å². The zero-order valence-electron chi connectivity index (χ0n) is 9.17. The number of thiophene rings is 1. The average Bonchev–Trinajstić information content (AvgIpc) is 2.73. The summed E-state index contributed by atoms with van der Waals surface area (Å²) in [7, 11) is -3.79. The Labute approximate surface area is 103 Å². The van der Waals surface area contributed by atoms with Crippen LogP contribution in [-0.4, -0.2) is 27.5 Å². The third kappa shape index (κ3) is 2.43.